The second-order valence-corrected chi connectivity index (χ2v) is 5.42. The summed E-state index contributed by atoms with van der Waals surface area (Å²) in [6.07, 6.45) is 3.01. The molecule has 0 bridgehead atoms. The van der Waals surface area contributed by atoms with Crippen LogP contribution in [0.4, 0.5) is 0 Å². The molecule has 94 valence electrons. The van der Waals surface area contributed by atoms with Gasteiger partial charge in [-0.2, -0.15) is 4.98 Å². The molecule has 0 atom stereocenters. The minimum atomic E-state index is 0.315. The summed E-state index contributed by atoms with van der Waals surface area (Å²) < 4.78 is 6.75. The van der Waals surface area contributed by atoms with E-state index in [9.17, 15) is 0 Å². The van der Waals surface area contributed by atoms with Crippen LogP contribution in [0.25, 0.3) is 0 Å². The fraction of sp³-hybridized carbons (Fsp3) is 0.231. The Balaban J connectivity index is 2.34. The molecule has 1 aromatic heterocycles. The monoisotopic (exact) mass is 326 g/mol. The van der Waals surface area contributed by atoms with Crippen molar-refractivity contribution in [2.24, 2.45) is 0 Å². The third-order valence-corrected chi connectivity index (χ3v) is 3.07. The average Bonchev–Trinajstić information content (AvgIpc) is 2.31. The van der Waals surface area contributed by atoms with Gasteiger partial charge in [0.15, 0.2) is 5.15 Å². The van der Waals surface area contributed by atoms with Crippen LogP contribution in [0.3, 0.4) is 0 Å². The summed E-state index contributed by atoms with van der Waals surface area (Å²) in [6, 6.07) is 5.87. The van der Waals surface area contributed by atoms with E-state index in [2.05, 4.69) is 39.7 Å². The number of hydrogen-bond acceptors (Lipinski definition) is 3. The zero-order chi connectivity index (χ0) is 13.1. The van der Waals surface area contributed by atoms with Crippen LogP contribution in [0.5, 0.6) is 11.6 Å². The van der Waals surface area contributed by atoms with Crippen molar-refractivity contribution in [2.45, 2.75) is 19.8 Å². The van der Waals surface area contributed by atoms with Gasteiger partial charge in [-0.1, -0.05) is 41.4 Å². The summed E-state index contributed by atoms with van der Waals surface area (Å²) in [5.41, 5.74) is 1.10. The van der Waals surface area contributed by atoms with Crippen LogP contribution in [0.2, 0.25) is 5.15 Å². The Morgan fingerprint density at radius 3 is 2.72 bits per heavy atom. The molecule has 0 aliphatic carbocycles. The fourth-order valence-electron chi connectivity index (χ4n) is 1.55. The fourth-order valence-corrected chi connectivity index (χ4v) is 2.07. The van der Waals surface area contributed by atoms with Crippen molar-refractivity contribution in [3.63, 3.8) is 0 Å². The number of rotatable bonds is 3. The van der Waals surface area contributed by atoms with E-state index >= 15 is 0 Å². The van der Waals surface area contributed by atoms with Gasteiger partial charge in [0.05, 0.1) is 12.4 Å². The molecule has 5 heteroatoms. The molecule has 0 saturated carbocycles. The molecule has 0 fully saturated rings. The Hall–Kier alpha value is -1.13. The van der Waals surface area contributed by atoms with E-state index in [4.69, 9.17) is 16.3 Å². The van der Waals surface area contributed by atoms with Gasteiger partial charge in [0, 0.05) is 4.47 Å². The first-order valence-electron chi connectivity index (χ1n) is 5.51. The quantitative estimate of drug-likeness (QED) is 0.811. The number of benzene rings is 1. The van der Waals surface area contributed by atoms with Gasteiger partial charge in [0.1, 0.15) is 5.75 Å². The lowest BCUT2D eigenvalue weighted by molar-refractivity contribution is 0.452. The van der Waals surface area contributed by atoms with Gasteiger partial charge in [-0.05, 0) is 29.7 Å². The zero-order valence-electron chi connectivity index (χ0n) is 10.0. The van der Waals surface area contributed by atoms with Crippen LogP contribution >= 0.6 is 27.5 Å². The number of aromatic nitrogens is 2. The topological polar surface area (TPSA) is 35.0 Å². The number of hydrogen-bond donors (Lipinski definition) is 0. The highest BCUT2D eigenvalue weighted by molar-refractivity contribution is 9.10. The zero-order valence-corrected chi connectivity index (χ0v) is 12.4. The largest absolute Gasteiger partial charge is 0.437 e. The van der Waals surface area contributed by atoms with Crippen molar-refractivity contribution in [1.82, 2.24) is 9.97 Å². The van der Waals surface area contributed by atoms with E-state index in [1.807, 2.05) is 18.2 Å². The van der Waals surface area contributed by atoms with Gasteiger partial charge in [-0.25, -0.2) is 0 Å². The van der Waals surface area contributed by atoms with Crippen molar-refractivity contribution in [3.05, 3.63) is 45.8 Å². The maximum atomic E-state index is 5.78. The molecule has 18 heavy (non-hydrogen) atoms. The van der Waals surface area contributed by atoms with Crippen molar-refractivity contribution >= 4 is 27.5 Å². The summed E-state index contributed by atoms with van der Waals surface area (Å²) in [6.45, 7) is 4.22. The summed E-state index contributed by atoms with van der Waals surface area (Å²) in [5, 5.41) is 0.315. The molecule has 0 N–H and O–H groups in total. The van der Waals surface area contributed by atoms with Gasteiger partial charge in [0.25, 0.3) is 0 Å². The minimum absolute atomic E-state index is 0.315. The molecule has 0 spiro atoms. The van der Waals surface area contributed by atoms with Crippen LogP contribution < -0.4 is 4.74 Å². The Morgan fingerprint density at radius 1 is 1.28 bits per heavy atom. The lowest BCUT2D eigenvalue weighted by atomic mass is 10.0. The molecular formula is C13H12BrClN2O. The molecule has 1 heterocycles. The van der Waals surface area contributed by atoms with Gasteiger partial charge >= 0.3 is 0 Å². The highest BCUT2D eigenvalue weighted by Gasteiger charge is 2.10. The van der Waals surface area contributed by atoms with Crippen molar-refractivity contribution in [1.29, 1.82) is 0 Å². The van der Waals surface area contributed by atoms with Crippen LogP contribution in [-0.2, 0) is 0 Å². The third kappa shape index (κ3) is 3.21. The molecule has 3 nitrogen and oxygen atoms in total. The lowest BCUT2D eigenvalue weighted by Crippen LogP contribution is -1.96. The number of nitrogens with zero attached hydrogens (tertiary/aromatic N) is 2. The highest BCUT2D eigenvalue weighted by atomic mass is 79.9. The smallest absolute Gasteiger partial charge is 0.239 e. The molecule has 1 aromatic carbocycles. The Bertz CT molecular complexity index is 560. The van der Waals surface area contributed by atoms with Crippen LogP contribution in [0.1, 0.15) is 25.3 Å². The molecule has 0 aliphatic rings. The van der Waals surface area contributed by atoms with Gasteiger partial charge in [0.2, 0.25) is 5.88 Å². The summed E-state index contributed by atoms with van der Waals surface area (Å²) in [5.74, 6) is 1.51. The summed E-state index contributed by atoms with van der Waals surface area (Å²) >= 11 is 9.23. The minimum Gasteiger partial charge on any atom is -0.437 e. The average molecular weight is 328 g/mol. The molecule has 0 aliphatic heterocycles. The predicted molar refractivity (Wildman–Crippen MR) is 75.3 cm³/mol. The molecule has 2 aromatic rings. The number of halogens is 2. The second-order valence-electron chi connectivity index (χ2n) is 4.12. The Labute approximate surface area is 119 Å². The lowest BCUT2D eigenvalue weighted by Gasteiger charge is -2.13. The van der Waals surface area contributed by atoms with Crippen LogP contribution in [0.15, 0.2) is 35.1 Å². The van der Waals surface area contributed by atoms with Gasteiger partial charge in [-0.15, -0.1) is 0 Å². The van der Waals surface area contributed by atoms with Crippen molar-refractivity contribution < 1.29 is 4.74 Å². The maximum absolute atomic E-state index is 5.78. The summed E-state index contributed by atoms with van der Waals surface area (Å²) in [7, 11) is 0. The number of ether oxygens (including phenoxy) is 1. The summed E-state index contributed by atoms with van der Waals surface area (Å²) in [4.78, 5) is 8.00. The molecule has 2 rings (SSSR count). The van der Waals surface area contributed by atoms with E-state index in [-0.39, 0.29) is 0 Å². The SMILES string of the molecule is CC(C)c1cc(Br)ccc1Oc1cncc(Cl)n1. The Kier molecular flexibility index (Phi) is 4.19. The second kappa shape index (κ2) is 5.67. The molecule has 0 radical (unpaired) electrons. The van der Waals surface area contributed by atoms with E-state index in [1.165, 1.54) is 12.4 Å². The van der Waals surface area contributed by atoms with Crippen molar-refractivity contribution in [2.75, 3.05) is 0 Å². The standard InChI is InChI=1S/C13H12BrClN2O/c1-8(2)10-5-9(14)3-4-11(10)18-13-7-16-6-12(15)17-13/h3-8H,1-2H3. The van der Waals surface area contributed by atoms with Crippen molar-refractivity contribution in [3.8, 4) is 11.6 Å². The molecule has 0 saturated heterocycles. The molecule has 0 unspecified atom stereocenters. The first kappa shape index (κ1) is 13.3. The van der Waals surface area contributed by atoms with Crippen LogP contribution in [0, 0.1) is 0 Å². The van der Waals surface area contributed by atoms with E-state index in [1.54, 1.807) is 0 Å². The first-order valence-corrected chi connectivity index (χ1v) is 6.68. The normalized spacial score (nSPS) is 10.7. The molecule has 0 amide bonds. The predicted octanol–water partition coefficient (Wildman–Crippen LogP) is 4.81. The third-order valence-electron chi connectivity index (χ3n) is 2.39. The Morgan fingerprint density at radius 2 is 2.06 bits per heavy atom. The first-order chi connectivity index (χ1) is 8.56. The highest BCUT2D eigenvalue weighted by Crippen LogP contribution is 2.32. The van der Waals surface area contributed by atoms with Gasteiger partial charge in [-0.3, -0.25) is 4.98 Å². The van der Waals surface area contributed by atoms with Gasteiger partial charge < -0.3 is 4.74 Å². The van der Waals surface area contributed by atoms with Crippen LogP contribution in [-0.4, -0.2) is 9.97 Å². The van der Waals surface area contributed by atoms with E-state index in [0.717, 1.165) is 15.8 Å². The maximum Gasteiger partial charge on any atom is 0.239 e. The van der Waals surface area contributed by atoms with E-state index < -0.39 is 0 Å². The van der Waals surface area contributed by atoms with E-state index in [0.29, 0.717) is 17.0 Å². The molecular weight excluding hydrogens is 316 g/mol.